The number of para-hydroxylation sites is 1. The topological polar surface area (TPSA) is 77.6 Å². The van der Waals surface area contributed by atoms with Crippen LogP contribution in [0, 0.1) is 11.8 Å². The number of rotatable bonds is 8. The smallest absolute Gasteiger partial charge is 0.0703 e. The summed E-state index contributed by atoms with van der Waals surface area (Å²) in [5, 5.41) is 5.22. The van der Waals surface area contributed by atoms with Gasteiger partial charge < -0.3 is 35.0 Å². The molecule has 2 aliphatic heterocycles. The maximum Gasteiger partial charge on any atom is 0.0703 e. The fourth-order valence-corrected chi connectivity index (χ4v) is 4.95. The number of aromatic nitrogens is 1. The molecule has 0 unspecified atom stereocenters. The minimum Gasteiger partial charge on any atom is -0.491 e. The Morgan fingerprint density at radius 1 is 0.737 bits per heavy atom. The second-order valence-corrected chi connectivity index (χ2v) is 9.87. The second-order valence-electron chi connectivity index (χ2n) is 9.87. The van der Waals surface area contributed by atoms with Crippen molar-refractivity contribution in [3.63, 3.8) is 0 Å². The summed E-state index contributed by atoms with van der Waals surface area (Å²) in [6, 6.07) is 13.1. The van der Waals surface area contributed by atoms with E-state index in [9.17, 15) is 9.59 Å². The van der Waals surface area contributed by atoms with Crippen LogP contribution in [0.1, 0.15) is 64.5 Å². The second kappa shape index (κ2) is 18.5. The third kappa shape index (κ3) is 10.3. The molecule has 2 N–H and O–H groups in total. The van der Waals surface area contributed by atoms with Crippen LogP contribution in [0.25, 0.3) is 0 Å². The van der Waals surface area contributed by atoms with E-state index in [1.54, 1.807) is 19.0 Å². The first-order valence-corrected chi connectivity index (χ1v) is 12.9. The number of pyridine rings is 1. The molecule has 0 aliphatic carbocycles. The van der Waals surface area contributed by atoms with Gasteiger partial charge in [-0.25, -0.2) is 0 Å². The molecule has 202 valence electrons. The van der Waals surface area contributed by atoms with Crippen molar-refractivity contribution in [2.24, 2.45) is 0 Å². The molecule has 3 heterocycles. The normalized spacial score (nSPS) is 16.1. The van der Waals surface area contributed by atoms with Gasteiger partial charge in [-0.15, -0.1) is 23.9 Å². The zero-order valence-corrected chi connectivity index (χ0v) is 28.8. The van der Waals surface area contributed by atoms with Crippen molar-refractivity contribution >= 4 is 24.3 Å². The van der Waals surface area contributed by atoms with Gasteiger partial charge in [-0.3, -0.25) is 0 Å². The molecular formula is C29H39N5O2Y2-4. The quantitative estimate of drug-likeness (QED) is 0.319. The number of anilines is 2. The Bertz CT molecular complexity index is 882. The Morgan fingerprint density at radius 2 is 1.21 bits per heavy atom. The fourth-order valence-electron chi connectivity index (χ4n) is 4.95. The zero-order valence-electron chi connectivity index (χ0n) is 23.2. The Kier molecular flexibility index (Phi) is 17.1. The number of hydrogen-bond acceptors (Lipinski definition) is 5. The van der Waals surface area contributed by atoms with Crippen LogP contribution < -0.4 is 10.6 Å². The molecule has 7 nitrogen and oxygen atoms in total. The maximum absolute atomic E-state index is 10.5. The molecule has 2 amide bonds. The van der Waals surface area contributed by atoms with E-state index in [1.165, 1.54) is 17.4 Å². The molecule has 9 heteroatoms. The molecule has 2 saturated heterocycles. The molecule has 0 atom stereocenters. The van der Waals surface area contributed by atoms with Gasteiger partial charge in [0, 0.05) is 77.5 Å². The van der Waals surface area contributed by atoms with Crippen LogP contribution in [-0.2, 0) is 75.0 Å². The van der Waals surface area contributed by atoms with Gasteiger partial charge in [-0.2, -0.15) is 35.1 Å². The predicted molar refractivity (Wildman–Crippen MR) is 146 cm³/mol. The summed E-state index contributed by atoms with van der Waals surface area (Å²) in [6.45, 7) is 13.3. The first kappa shape index (κ1) is 35.2. The molecule has 2 aromatic rings. The third-order valence-electron chi connectivity index (χ3n) is 7.12. The van der Waals surface area contributed by atoms with E-state index >= 15 is 0 Å². The molecule has 1 aromatic heterocycles. The molecule has 0 saturated carbocycles. The average Bonchev–Trinajstić information content (AvgIpc) is 2.90. The summed E-state index contributed by atoms with van der Waals surface area (Å²) in [5.41, 5.74) is 3.11. The van der Waals surface area contributed by atoms with Crippen molar-refractivity contribution in [2.75, 3.05) is 36.8 Å². The van der Waals surface area contributed by atoms with Gasteiger partial charge in [-0.1, -0.05) is 31.7 Å². The minimum absolute atomic E-state index is 0. The van der Waals surface area contributed by atoms with Gasteiger partial charge in [0.15, 0.2) is 0 Å². The van der Waals surface area contributed by atoms with Gasteiger partial charge in [0.05, 0.1) is 12.8 Å². The van der Waals surface area contributed by atoms with E-state index in [0.717, 1.165) is 63.1 Å². The largest absolute Gasteiger partial charge is 0.491 e. The summed E-state index contributed by atoms with van der Waals surface area (Å²) in [6.07, 6.45) is 9.39. The van der Waals surface area contributed by atoms with Crippen molar-refractivity contribution in [3.8, 4) is 0 Å². The van der Waals surface area contributed by atoms with Gasteiger partial charge in [-0.05, 0) is 65.9 Å². The van der Waals surface area contributed by atoms with Crippen LogP contribution >= 0.6 is 0 Å². The van der Waals surface area contributed by atoms with Gasteiger partial charge in [0.2, 0.25) is 0 Å². The van der Waals surface area contributed by atoms with Crippen LogP contribution in [0.4, 0.5) is 11.5 Å². The fraction of sp³-hybridized carbons (Fsp3) is 0.483. The molecule has 38 heavy (non-hydrogen) atoms. The molecule has 0 spiro atoms. The molecule has 2 fully saturated rings. The van der Waals surface area contributed by atoms with Crippen molar-refractivity contribution in [2.45, 2.75) is 65.5 Å². The summed E-state index contributed by atoms with van der Waals surface area (Å²) in [7, 11) is 0. The van der Waals surface area contributed by atoms with Crippen LogP contribution in [0.5, 0.6) is 0 Å². The first-order chi connectivity index (χ1) is 17.4. The van der Waals surface area contributed by atoms with Gasteiger partial charge in [0.25, 0.3) is 0 Å². The Balaban J connectivity index is 0.000000361. The summed E-state index contributed by atoms with van der Waals surface area (Å²) >= 11 is 0. The number of nitrogens with zero attached hydrogens (tertiary/aromatic N) is 3. The van der Waals surface area contributed by atoms with E-state index in [1.807, 2.05) is 30.3 Å². The predicted octanol–water partition coefficient (Wildman–Crippen LogP) is 4.57. The van der Waals surface area contributed by atoms with Crippen LogP contribution in [0.15, 0.2) is 42.6 Å². The molecule has 2 aliphatic rings. The van der Waals surface area contributed by atoms with E-state index < -0.39 is 0 Å². The molecule has 2 radical (unpaired) electrons. The number of piperidine rings is 2. The zero-order chi connectivity index (χ0) is 25.9. The average molecular weight is 667 g/mol. The number of likely N-dealkylation sites (tertiary alicyclic amines) is 2. The summed E-state index contributed by atoms with van der Waals surface area (Å²) < 4.78 is 0. The number of carbonyl (C=O) groups excluding carboxylic acids is 2. The molecular weight excluding hydrogens is 628 g/mol. The van der Waals surface area contributed by atoms with E-state index in [2.05, 4.69) is 59.2 Å². The van der Waals surface area contributed by atoms with Crippen LogP contribution in [0.3, 0.4) is 0 Å². The van der Waals surface area contributed by atoms with Crippen LogP contribution in [0.2, 0.25) is 0 Å². The third-order valence-corrected chi connectivity index (χ3v) is 7.12. The van der Waals surface area contributed by atoms with Crippen molar-refractivity contribution < 1.29 is 75.0 Å². The van der Waals surface area contributed by atoms with Crippen molar-refractivity contribution in [1.29, 1.82) is 0 Å². The van der Waals surface area contributed by atoms with E-state index in [0.29, 0.717) is 17.9 Å². The number of hydrogen-bond donors (Lipinski definition) is 2. The van der Waals surface area contributed by atoms with Crippen LogP contribution in [-0.4, -0.2) is 65.9 Å². The SMILES string of the molecule is CC(C)N1CC[C-](c2ccccc2N[C-]=O)CC1.CC(C)N1CC[C-](c2cccnc2N[C-]=O)CC1.[Y].[Y]. The Hall–Kier alpha value is -0.822. The Labute approximate surface area is 279 Å². The number of benzene rings is 1. The molecule has 0 bridgehead atoms. The standard InChI is InChI=1S/C15H20N2O.C14H19N3O.2Y/c1-12(2)17-9-7-13(8-10-17)14-5-3-4-6-15(14)16-11-18;1-11(2)17-8-5-12(6-9-17)13-4-3-7-15-14(13)16-10-18;;/h3-6,12H,7-10H2,1-2H3,(H,16,18);3-4,7,11H,5-6,8-9H2,1-2H3,(H,15,16,18);;/q2*-2;;. The summed E-state index contributed by atoms with van der Waals surface area (Å²) in [4.78, 5) is 30.1. The minimum atomic E-state index is 0. The molecule has 1 aromatic carbocycles. The molecule has 4 rings (SSSR count). The van der Waals surface area contributed by atoms with E-state index in [4.69, 9.17) is 0 Å². The van der Waals surface area contributed by atoms with E-state index in [-0.39, 0.29) is 65.4 Å². The van der Waals surface area contributed by atoms with Crippen molar-refractivity contribution in [3.05, 3.63) is 65.6 Å². The van der Waals surface area contributed by atoms with Gasteiger partial charge in [0.1, 0.15) is 0 Å². The Morgan fingerprint density at radius 3 is 1.71 bits per heavy atom. The van der Waals surface area contributed by atoms with Gasteiger partial charge >= 0.3 is 0 Å². The monoisotopic (exact) mass is 667 g/mol. The number of amides is 2. The number of nitrogens with one attached hydrogen (secondary N) is 2. The first-order valence-electron chi connectivity index (χ1n) is 12.9. The summed E-state index contributed by atoms with van der Waals surface area (Å²) in [5.74, 6) is 3.43. The maximum atomic E-state index is 10.5. The van der Waals surface area contributed by atoms with Crippen molar-refractivity contribution in [1.82, 2.24) is 14.8 Å².